The van der Waals surface area contributed by atoms with Crippen LogP contribution in [0.2, 0.25) is 0 Å². The average Bonchev–Trinajstić information content (AvgIpc) is 2.44. The number of carbonyl (C=O) groups excluding carboxylic acids is 1. The van der Waals surface area contributed by atoms with Crippen LogP contribution >= 0.6 is 0 Å². The molecule has 1 unspecified atom stereocenters. The molecule has 4 heteroatoms. The van der Waals surface area contributed by atoms with Crippen LogP contribution in [-0.4, -0.2) is 44.0 Å². The largest absolute Gasteiger partial charge is 0.373 e. The van der Waals surface area contributed by atoms with Crippen LogP contribution in [-0.2, 0) is 4.79 Å². The molecule has 0 aliphatic rings. The molecule has 4 nitrogen and oxygen atoms in total. The lowest BCUT2D eigenvalue weighted by molar-refractivity contribution is -0.131. The molecule has 1 atom stereocenters. The molecule has 1 aromatic carbocycles. The van der Waals surface area contributed by atoms with Crippen LogP contribution < -0.4 is 10.6 Å². The second-order valence-electron chi connectivity index (χ2n) is 4.91. The second-order valence-corrected chi connectivity index (χ2v) is 4.91. The zero-order valence-electron chi connectivity index (χ0n) is 12.2. The lowest BCUT2D eigenvalue weighted by atomic mass is 10.1. The minimum Gasteiger partial charge on any atom is -0.373 e. The molecular weight excluding hydrogens is 238 g/mol. The third-order valence-corrected chi connectivity index (χ3v) is 3.26. The highest BCUT2D eigenvalue weighted by Gasteiger charge is 2.17. The predicted octanol–water partition coefficient (Wildman–Crippen LogP) is 1.71. The highest BCUT2D eigenvalue weighted by molar-refractivity contribution is 5.81. The van der Waals surface area contributed by atoms with Crippen molar-refractivity contribution >= 4 is 11.6 Å². The summed E-state index contributed by atoms with van der Waals surface area (Å²) in [5, 5.41) is 0. The van der Waals surface area contributed by atoms with E-state index in [9.17, 15) is 4.79 Å². The smallest absolute Gasteiger partial charge is 0.239 e. The fraction of sp³-hybridized carbons (Fsp3) is 0.533. The number of amides is 1. The summed E-state index contributed by atoms with van der Waals surface area (Å²) in [6.45, 7) is 3.52. The molecule has 0 heterocycles. The summed E-state index contributed by atoms with van der Waals surface area (Å²) < 4.78 is 0. The third kappa shape index (κ3) is 4.91. The van der Waals surface area contributed by atoms with Crippen LogP contribution in [0, 0.1) is 0 Å². The van der Waals surface area contributed by atoms with E-state index in [2.05, 4.69) is 17.0 Å². The molecule has 1 rings (SSSR count). The third-order valence-electron chi connectivity index (χ3n) is 3.26. The van der Waals surface area contributed by atoms with Crippen molar-refractivity contribution in [2.24, 2.45) is 5.73 Å². The van der Waals surface area contributed by atoms with Crippen LogP contribution in [0.15, 0.2) is 30.3 Å². The van der Waals surface area contributed by atoms with Gasteiger partial charge < -0.3 is 15.5 Å². The number of para-hydroxylation sites is 1. The van der Waals surface area contributed by atoms with Crippen molar-refractivity contribution < 1.29 is 4.79 Å². The van der Waals surface area contributed by atoms with Crippen molar-refractivity contribution in [1.82, 2.24) is 4.90 Å². The molecule has 106 valence electrons. The standard InChI is InChI=1S/C15H25N3O/c1-4-8-14(16)15(19)18(3)12-11-17(2)13-9-6-5-7-10-13/h5-7,9-10,14H,4,8,11-12,16H2,1-3H3. The number of hydrogen-bond acceptors (Lipinski definition) is 3. The zero-order chi connectivity index (χ0) is 14.3. The topological polar surface area (TPSA) is 49.6 Å². The summed E-state index contributed by atoms with van der Waals surface area (Å²) in [5.74, 6) is 0.0308. The number of benzene rings is 1. The molecule has 0 aliphatic carbocycles. The molecular formula is C15H25N3O. The Hall–Kier alpha value is -1.55. The van der Waals surface area contributed by atoms with E-state index >= 15 is 0 Å². The van der Waals surface area contributed by atoms with Gasteiger partial charge in [-0.05, 0) is 18.6 Å². The van der Waals surface area contributed by atoms with E-state index in [1.54, 1.807) is 4.90 Å². The first-order valence-corrected chi connectivity index (χ1v) is 6.83. The predicted molar refractivity (Wildman–Crippen MR) is 80.2 cm³/mol. The maximum Gasteiger partial charge on any atom is 0.239 e. The Morgan fingerprint density at radius 1 is 1.21 bits per heavy atom. The lowest BCUT2D eigenvalue weighted by Crippen LogP contribution is -2.44. The van der Waals surface area contributed by atoms with Gasteiger partial charge >= 0.3 is 0 Å². The monoisotopic (exact) mass is 263 g/mol. The number of carbonyl (C=O) groups is 1. The molecule has 0 fully saturated rings. The summed E-state index contributed by atoms with van der Waals surface area (Å²) in [6.07, 6.45) is 1.68. The Morgan fingerprint density at radius 3 is 2.42 bits per heavy atom. The number of nitrogens with two attached hydrogens (primary N) is 1. The van der Waals surface area contributed by atoms with Crippen molar-refractivity contribution in [2.45, 2.75) is 25.8 Å². The Balaban J connectivity index is 2.41. The Morgan fingerprint density at radius 2 is 1.84 bits per heavy atom. The van der Waals surface area contributed by atoms with Gasteiger partial charge in [-0.15, -0.1) is 0 Å². The Labute approximate surface area is 116 Å². The summed E-state index contributed by atoms with van der Waals surface area (Å²) in [6, 6.07) is 9.78. The molecule has 0 radical (unpaired) electrons. The van der Waals surface area contributed by atoms with Crippen molar-refractivity contribution in [1.29, 1.82) is 0 Å². The SMILES string of the molecule is CCCC(N)C(=O)N(C)CCN(C)c1ccccc1. The Kier molecular flexibility index (Phi) is 6.36. The number of hydrogen-bond donors (Lipinski definition) is 1. The highest BCUT2D eigenvalue weighted by atomic mass is 16.2. The maximum absolute atomic E-state index is 12.0. The van der Waals surface area contributed by atoms with E-state index in [0.29, 0.717) is 6.54 Å². The van der Waals surface area contributed by atoms with Gasteiger partial charge in [0.25, 0.3) is 0 Å². The van der Waals surface area contributed by atoms with E-state index < -0.39 is 0 Å². The molecule has 0 bridgehead atoms. The molecule has 1 amide bonds. The molecule has 0 saturated heterocycles. The van der Waals surface area contributed by atoms with Crippen molar-refractivity contribution in [3.8, 4) is 0 Å². The van der Waals surface area contributed by atoms with Gasteiger partial charge in [-0.25, -0.2) is 0 Å². The number of anilines is 1. The summed E-state index contributed by atoms with van der Waals surface area (Å²) in [7, 11) is 3.84. The molecule has 2 N–H and O–H groups in total. The second kappa shape index (κ2) is 7.79. The van der Waals surface area contributed by atoms with Crippen LogP contribution in [0.25, 0.3) is 0 Å². The molecule has 19 heavy (non-hydrogen) atoms. The van der Waals surface area contributed by atoms with Gasteiger partial charge in [-0.2, -0.15) is 0 Å². The van der Waals surface area contributed by atoms with E-state index in [1.165, 1.54) is 0 Å². The Bertz CT molecular complexity index is 380. The summed E-state index contributed by atoms with van der Waals surface area (Å²) >= 11 is 0. The minimum atomic E-state index is -0.364. The normalized spacial score (nSPS) is 12.0. The first kappa shape index (κ1) is 15.5. The van der Waals surface area contributed by atoms with Gasteiger partial charge in [0.05, 0.1) is 6.04 Å². The molecule has 1 aromatic rings. The van der Waals surface area contributed by atoms with Crippen molar-refractivity contribution in [3.63, 3.8) is 0 Å². The molecule has 0 saturated carbocycles. The van der Waals surface area contributed by atoms with E-state index in [-0.39, 0.29) is 11.9 Å². The van der Waals surface area contributed by atoms with Crippen LogP contribution in [0.1, 0.15) is 19.8 Å². The van der Waals surface area contributed by atoms with Crippen LogP contribution in [0.5, 0.6) is 0 Å². The summed E-state index contributed by atoms with van der Waals surface area (Å²) in [4.78, 5) is 15.8. The minimum absolute atomic E-state index is 0.0308. The lowest BCUT2D eigenvalue weighted by Gasteiger charge is -2.25. The molecule has 0 spiro atoms. The highest BCUT2D eigenvalue weighted by Crippen LogP contribution is 2.10. The van der Waals surface area contributed by atoms with Gasteiger partial charge in [-0.1, -0.05) is 31.5 Å². The number of rotatable bonds is 7. The van der Waals surface area contributed by atoms with Gasteiger partial charge in [0.15, 0.2) is 0 Å². The molecule has 0 aliphatic heterocycles. The van der Waals surface area contributed by atoms with Crippen molar-refractivity contribution in [2.75, 3.05) is 32.1 Å². The molecule has 0 aromatic heterocycles. The number of likely N-dealkylation sites (N-methyl/N-ethyl adjacent to an activating group) is 2. The first-order valence-electron chi connectivity index (χ1n) is 6.83. The summed E-state index contributed by atoms with van der Waals surface area (Å²) in [5.41, 5.74) is 7.00. The van der Waals surface area contributed by atoms with Gasteiger partial charge in [0, 0.05) is 32.9 Å². The van der Waals surface area contributed by atoms with Crippen molar-refractivity contribution in [3.05, 3.63) is 30.3 Å². The van der Waals surface area contributed by atoms with Crippen LogP contribution in [0.3, 0.4) is 0 Å². The zero-order valence-corrected chi connectivity index (χ0v) is 12.2. The van der Waals surface area contributed by atoms with E-state index in [0.717, 1.165) is 25.1 Å². The van der Waals surface area contributed by atoms with Crippen LogP contribution in [0.4, 0.5) is 5.69 Å². The van der Waals surface area contributed by atoms with Gasteiger partial charge in [0.2, 0.25) is 5.91 Å². The van der Waals surface area contributed by atoms with E-state index in [4.69, 9.17) is 5.73 Å². The number of nitrogens with zero attached hydrogens (tertiary/aromatic N) is 2. The van der Waals surface area contributed by atoms with Gasteiger partial charge in [-0.3, -0.25) is 4.79 Å². The fourth-order valence-corrected chi connectivity index (χ4v) is 1.94. The average molecular weight is 263 g/mol. The maximum atomic E-state index is 12.0. The quantitative estimate of drug-likeness (QED) is 0.814. The van der Waals surface area contributed by atoms with E-state index in [1.807, 2.05) is 39.2 Å². The van der Waals surface area contributed by atoms with Gasteiger partial charge in [0.1, 0.15) is 0 Å². The fourth-order valence-electron chi connectivity index (χ4n) is 1.94. The first-order chi connectivity index (χ1) is 9.06.